The van der Waals surface area contributed by atoms with Crippen molar-refractivity contribution in [2.75, 3.05) is 11.4 Å². The number of aryl methyl sites for hydroxylation is 2. The topological polar surface area (TPSA) is 62.3 Å². The number of amides is 2. The highest BCUT2D eigenvalue weighted by Crippen LogP contribution is 2.44. The quantitative estimate of drug-likeness (QED) is 0.733. The maximum absolute atomic E-state index is 15.2. The van der Waals surface area contributed by atoms with E-state index in [0.717, 1.165) is 31.2 Å². The fraction of sp³-hybridized carbons (Fsp3) is 0.458. The van der Waals surface area contributed by atoms with Gasteiger partial charge >= 0.3 is 0 Å². The van der Waals surface area contributed by atoms with E-state index in [1.807, 2.05) is 19.1 Å². The lowest BCUT2D eigenvalue weighted by atomic mass is 9.85. The van der Waals surface area contributed by atoms with Crippen molar-refractivity contribution in [1.29, 1.82) is 0 Å². The zero-order valence-electron chi connectivity index (χ0n) is 18.0. The third-order valence-corrected chi connectivity index (χ3v) is 6.72. The number of pyridine rings is 1. The second-order valence-electron chi connectivity index (χ2n) is 8.92. The van der Waals surface area contributed by atoms with Crippen molar-refractivity contribution in [2.45, 2.75) is 58.2 Å². The zero-order chi connectivity index (χ0) is 22.3. The molecule has 1 saturated carbocycles. The second-order valence-corrected chi connectivity index (χ2v) is 9.35. The zero-order valence-corrected chi connectivity index (χ0v) is 18.8. The van der Waals surface area contributed by atoms with Crippen LogP contribution in [-0.2, 0) is 10.5 Å². The standard InChI is InChI=1S/C24H27ClFN3O2/c1-14-4-9-21-20(10-14)24(3,26)23(31)29(21)13-16-5-7-18(8-6-16)28-22(30)19-11-17(25)12-27-15(19)2/h4,9-12,16,18H,5-8,13H2,1-3H3,(H,28,30)/t16-,18-,24?. The summed E-state index contributed by atoms with van der Waals surface area (Å²) in [5.41, 5.74) is 1.25. The second kappa shape index (κ2) is 8.23. The van der Waals surface area contributed by atoms with Gasteiger partial charge in [-0.05, 0) is 64.5 Å². The summed E-state index contributed by atoms with van der Waals surface area (Å²) >= 11 is 5.98. The molecule has 2 amide bonds. The van der Waals surface area contributed by atoms with E-state index >= 15 is 4.39 Å². The van der Waals surface area contributed by atoms with Gasteiger partial charge in [-0.2, -0.15) is 0 Å². The number of alkyl halides is 1. The molecule has 164 valence electrons. The number of hydrogen-bond donors (Lipinski definition) is 1. The highest BCUT2D eigenvalue weighted by molar-refractivity contribution is 6.30. The van der Waals surface area contributed by atoms with E-state index in [1.165, 1.54) is 13.1 Å². The lowest BCUT2D eigenvalue weighted by Gasteiger charge is -2.32. The first kappa shape index (κ1) is 21.8. The molecule has 7 heteroatoms. The maximum atomic E-state index is 15.2. The molecule has 2 heterocycles. The number of aromatic nitrogens is 1. The molecule has 1 unspecified atom stereocenters. The van der Waals surface area contributed by atoms with E-state index in [-0.39, 0.29) is 17.9 Å². The summed E-state index contributed by atoms with van der Waals surface area (Å²) in [6, 6.07) is 7.24. The number of hydrogen-bond acceptors (Lipinski definition) is 3. The van der Waals surface area contributed by atoms with Crippen LogP contribution in [0, 0.1) is 19.8 Å². The Balaban J connectivity index is 1.37. The average molecular weight is 444 g/mol. The predicted octanol–water partition coefficient (Wildman–Crippen LogP) is 4.87. The Morgan fingerprint density at radius 2 is 1.97 bits per heavy atom. The molecule has 0 spiro atoms. The Morgan fingerprint density at radius 1 is 1.26 bits per heavy atom. The van der Waals surface area contributed by atoms with Gasteiger partial charge in [-0.25, -0.2) is 4.39 Å². The molecule has 1 N–H and O–H groups in total. The summed E-state index contributed by atoms with van der Waals surface area (Å²) in [4.78, 5) is 31.1. The van der Waals surface area contributed by atoms with Gasteiger partial charge in [-0.1, -0.05) is 29.3 Å². The molecule has 1 fully saturated rings. The van der Waals surface area contributed by atoms with E-state index in [0.29, 0.717) is 34.1 Å². The molecular formula is C24H27ClFN3O2. The first-order valence-electron chi connectivity index (χ1n) is 10.7. The minimum absolute atomic E-state index is 0.0674. The van der Waals surface area contributed by atoms with E-state index in [4.69, 9.17) is 11.6 Å². The third kappa shape index (κ3) is 4.18. The van der Waals surface area contributed by atoms with Crippen LogP contribution in [0.2, 0.25) is 5.02 Å². The van der Waals surface area contributed by atoms with Crippen LogP contribution < -0.4 is 10.2 Å². The van der Waals surface area contributed by atoms with Crippen LogP contribution in [0.25, 0.3) is 0 Å². The van der Waals surface area contributed by atoms with E-state index in [1.54, 1.807) is 24.0 Å². The van der Waals surface area contributed by atoms with Crippen LogP contribution in [0.4, 0.5) is 10.1 Å². The van der Waals surface area contributed by atoms with Crippen LogP contribution in [0.15, 0.2) is 30.5 Å². The number of halogens is 2. The Morgan fingerprint density at radius 3 is 2.68 bits per heavy atom. The Labute approximate surface area is 187 Å². The third-order valence-electron chi connectivity index (χ3n) is 6.52. The molecular weight excluding hydrogens is 417 g/mol. The smallest absolute Gasteiger partial charge is 0.269 e. The van der Waals surface area contributed by atoms with E-state index < -0.39 is 11.6 Å². The number of fused-ring (bicyclic) bond motifs is 1. The molecule has 2 aliphatic rings. The summed E-state index contributed by atoms with van der Waals surface area (Å²) in [5.74, 6) is -0.370. The summed E-state index contributed by atoms with van der Waals surface area (Å²) in [5, 5.41) is 3.52. The van der Waals surface area contributed by atoms with E-state index in [9.17, 15) is 9.59 Å². The van der Waals surface area contributed by atoms with Crippen molar-refractivity contribution < 1.29 is 14.0 Å². The minimum atomic E-state index is -1.98. The van der Waals surface area contributed by atoms with Crippen molar-refractivity contribution >= 4 is 29.1 Å². The normalized spacial score (nSPS) is 25.5. The predicted molar refractivity (Wildman–Crippen MR) is 119 cm³/mol. The monoisotopic (exact) mass is 443 g/mol. The average Bonchev–Trinajstić information content (AvgIpc) is 2.91. The van der Waals surface area contributed by atoms with Crippen LogP contribution in [0.3, 0.4) is 0 Å². The highest BCUT2D eigenvalue weighted by atomic mass is 35.5. The summed E-state index contributed by atoms with van der Waals surface area (Å²) in [6.07, 6.45) is 4.90. The number of anilines is 1. The lowest BCUT2D eigenvalue weighted by Crippen LogP contribution is -2.42. The molecule has 1 aliphatic carbocycles. The van der Waals surface area contributed by atoms with Crippen molar-refractivity contribution in [3.8, 4) is 0 Å². The number of carbonyl (C=O) groups is 2. The fourth-order valence-corrected chi connectivity index (χ4v) is 4.83. The Bertz CT molecular complexity index is 1030. The van der Waals surface area contributed by atoms with Crippen molar-refractivity contribution in [2.24, 2.45) is 5.92 Å². The SMILES string of the molecule is Cc1ccc2c(c1)C(C)(F)C(=O)N2C[C@H]1CC[C@H](NC(=O)c2cc(Cl)cnc2C)CC1. The summed E-state index contributed by atoms with van der Waals surface area (Å²) < 4.78 is 15.2. The van der Waals surface area contributed by atoms with Gasteiger partial charge in [-0.3, -0.25) is 14.6 Å². The van der Waals surface area contributed by atoms with Gasteiger partial charge in [0.05, 0.1) is 22.0 Å². The van der Waals surface area contributed by atoms with Gasteiger partial charge in [0.2, 0.25) is 5.67 Å². The molecule has 5 nitrogen and oxygen atoms in total. The molecule has 0 radical (unpaired) electrons. The maximum Gasteiger partial charge on any atom is 0.269 e. The van der Waals surface area contributed by atoms with E-state index in [2.05, 4.69) is 10.3 Å². The van der Waals surface area contributed by atoms with Crippen LogP contribution in [-0.4, -0.2) is 29.4 Å². The van der Waals surface area contributed by atoms with Gasteiger partial charge in [0.15, 0.2) is 0 Å². The van der Waals surface area contributed by atoms with Crippen LogP contribution in [0.1, 0.15) is 59.8 Å². The molecule has 1 aromatic carbocycles. The molecule has 1 aromatic heterocycles. The van der Waals surface area contributed by atoms with Crippen molar-refractivity contribution in [3.63, 3.8) is 0 Å². The first-order chi connectivity index (χ1) is 14.7. The molecule has 31 heavy (non-hydrogen) atoms. The molecule has 0 saturated heterocycles. The molecule has 0 bridgehead atoms. The minimum Gasteiger partial charge on any atom is -0.349 e. The number of nitrogens with one attached hydrogen (secondary N) is 1. The molecule has 1 aliphatic heterocycles. The molecule has 2 aromatic rings. The van der Waals surface area contributed by atoms with Gasteiger partial charge in [0, 0.05) is 24.3 Å². The van der Waals surface area contributed by atoms with Crippen molar-refractivity contribution in [1.82, 2.24) is 10.3 Å². The highest BCUT2D eigenvalue weighted by Gasteiger charge is 2.48. The van der Waals surface area contributed by atoms with Crippen LogP contribution >= 0.6 is 11.6 Å². The number of benzene rings is 1. The van der Waals surface area contributed by atoms with Gasteiger partial charge < -0.3 is 10.2 Å². The number of nitrogens with zero attached hydrogens (tertiary/aromatic N) is 2. The van der Waals surface area contributed by atoms with Gasteiger partial charge in [0.1, 0.15) is 0 Å². The lowest BCUT2D eigenvalue weighted by molar-refractivity contribution is -0.128. The summed E-state index contributed by atoms with van der Waals surface area (Å²) in [7, 11) is 0. The number of rotatable bonds is 4. The fourth-order valence-electron chi connectivity index (χ4n) is 4.67. The van der Waals surface area contributed by atoms with Gasteiger partial charge in [-0.15, -0.1) is 0 Å². The van der Waals surface area contributed by atoms with Crippen molar-refractivity contribution in [3.05, 3.63) is 57.9 Å². The first-order valence-corrected chi connectivity index (χ1v) is 11.1. The summed E-state index contributed by atoms with van der Waals surface area (Å²) in [6.45, 7) is 5.55. The van der Waals surface area contributed by atoms with Gasteiger partial charge in [0.25, 0.3) is 11.8 Å². The largest absolute Gasteiger partial charge is 0.349 e. The number of carbonyl (C=O) groups excluding carboxylic acids is 2. The molecule has 1 atom stereocenters. The van der Waals surface area contributed by atoms with Crippen LogP contribution in [0.5, 0.6) is 0 Å². The molecule has 4 rings (SSSR count). The Kier molecular flexibility index (Phi) is 5.77. The Hall–Kier alpha value is -2.47.